The Morgan fingerprint density at radius 2 is 2.23 bits per heavy atom. The number of nitrogens with zero attached hydrogens (tertiary/aromatic N) is 1. The van der Waals surface area contributed by atoms with Crippen molar-refractivity contribution in [3.8, 4) is 0 Å². The van der Waals surface area contributed by atoms with Gasteiger partial charge >= 0.3 is 0 Å². The van der Waals surface area contributed by atoms with Crippen LogP contribution in [0.15, 0.2) is 18.2 Å². The van der Waals surface area contributed by atoms with E-state index in [-0.39, 0.29) is 18.2 Å². The van der Waals surface area contributed by atoms with Crippen LogP contribution in [-0.4, -0.2) is 50.1 Å². The first-order valence-corrected chi connectivity index (χ1v) is 8.72. The molecule has 1 atom stereocenters. The van der Waals surface area contributed by atoms with Crippen LogP contribution in [0.3, 0.4) is 0 Å². The molecule has 1 heterocycles. The number of sulfonamides is 1. The fourth-order valence-corrected chi connectivity index (χ4v) is 3.34. The lowest BCUT2D eigenvalue weighted by molar-refractivity contribution is -0.118. The number of benzene rings is 1. The summed E-state index contributed by atoms with van der Waals surface area (Å²) in [6, 6.07) is 3.78. The summed E-state index contributed by atoms with van der Waals surface area (Å²) in [6.45, 7) is 4.04. The number of carbonyl (C=O) groups is 1. The average molecular weight is 329 g/mol. The number of carbonyl (C=O) groups excluding carboxylic acids is 1. The zero-order chi connectivity index (χ0) is 16.3. The minimum atomic E-state index is -3.32. The zero-order valence-corrected chi connectivity index (χ0v) is 13.4. The molecular weight excluding hydrogens is 309 g/mol. The number of halogens is 1. The Kier molecular flexibility index (Phi) is 5.15. The van der Waals surface area contributed by atoms with Crippen molar-refractivity contribution < 1.29 is 17.6 Å². The van der Waals surface area contributed by atoms with Gasteiger partial charge < -0.3 is 10.6 Å². The van der Waals surface area contributed by atoms with E-state index in [1.165, 1.54) is 10.4 Å². The fourth-order valence-electron chi connectivity index (χ4n) is 2.23. The lowest BCUT2D eigenvalue weighted by Gasteiger charge is -2.31. The van der Waals surface area contributed by atoms with E-state index in [0.717, 1.165) is 0 Å². The van der Waals surface area contributed by atoms with Gasteiger partial charge in [0.1, 0.15) is 11.9 Å². The molecule has 22 heavy (non-hydrogen) atoms. The van der Waals surface area contributed by atoms with Crippen LogP contribution in [0.1, 0.15) is 12.5 Å². The Balaban J connectivity index is 2.04. The molecule has 1 aromatic carbocycles. The molecule has 0 saturated carbocycles. The summed E-state index contributed by atoms with van der Waals surface area (Å²) in [6.07, 6.45) is 0. The summed E-state index contributed by atoms with van der Waals surface area (Å²) in [5, 5.41) is 5.59. The highest BCUT2D eigenvalue weighted by molar-refractivity contribution is 7.89. The van der Waals surface area contributed by atoms with Crippen molar-refractivity contribution >= 4 is 21.6 Å². The van der Waals surface area contributed by atoms with Gasteiger partial charge in [-0.25, -0.2) is 12.8 Å². The minimum absolute atomic E-state index is 0.00448. The summed E-state index contributed by atoms with van der Waals surface area (Å²) >= 11 is 0. The van der Waals surface area contributed by atoms with Gasteiger partial charge in [-0.05, 0) is 31.5 Å². The van der Waals surface area contributed by atoms with E-state index in [1.54, 1.807) is 26.0 Å². The smallest absolute Gasteiger partial charge is 0.242 e. The first-order valence-electron chi connectivity index (χ1n) is 7.11. The van der Waals surface area contributed by atoms with Crippen molar-refractivity contribution in [2.45, 2.75) is 19.9 Å². The van der Waals surface area contributed by atoms with E-state index in [0.29, 0.717) is 24.3 Å². The molecule has 122 valence electrons. The molecule has 2 rings (SSSR count). The van der Waals surface area contributed by atoms with Gasteiger partial charge in [-0.2, -0.15) is 4.31 Å². The summed E-state index contributed by atoms with van der Waals surface area (Å²) in [4.78, 5) is 12.2. The standard InChI is InChI=1S/C14H20FN3O3S/c1-3-22(20,21)18-7-6-16-13(9-18)14(19)17-11-5-4-10(2)12(15)8-11/h4-5,8,13,16H,3,6-7,9H2,1-2H3,(H,17,19). The number of hydrogen-bond acceptors (Lipinski definition) is 4. The van der Waals surface area contributed by atoms with Crippen LogP contribution < -0.4 is 10.6 Å². The van der Waals surface area contributed by atoms with Crippen molar-refractivity contribution in [2.75, 3.05) is 30.7 Å². The molecule has 1 aliphatic heterocycles. The lowest BCUT2D eigenvalue weighted by Crippen LogP contribution is -2.57. The molecule has 8 heteroatoms. The molecule has 1 unspecified atom stereocenters. The third-order valence-electron chi connectivity index (χ3n) is 3.65. The first-order chi connectivity index (χ1) is 10.3. The Morgan fingerprint density at radius 3 is 2.86 bits per heavy atom. The fraction of sp³-hybridized carbons (Fsp3) is 0.500. The first kappa shape index (κ1) is 16.9. The van der Waals surface area contributed by atoms with Gasteiger partial charge in [-0.1, -0.05) is 6.07 Å². The predicted octanol–water partition coefficient (Wildman–Crippen LogP) is 0.696. The topological polar surface area (TPSA) is 78.5 Å². The molecular formula is C14H20FN3O3S. The number of piperazine rings is 1. The number of aryl methyl sites for hydroxylation is 1. The molecule has 2 N–H and O–H groups in total. The van der Waals surface area contributed by atoms with E-state index in [1.807, 2.05) is 0 Å². The van der Waals surface area contributed by atoms with Crippen molar-refractivity contribution in [2.24, 2.45) is 0 Å². The largest absolute Gasteiger partial charge is 0.325 e. The number of amides is 1. The summed E-state index contributed by atoms with van der Waals surface area (Å²) in [5.74, 6) is -0.770. The minimum Gasteiger partial charge on any atom is -0.325 e. The van der Waals surface area contributed by atoms with Crippen LogP contribution in [0.5, 0.6) is 0 Å². The zero-order valence-electron chi connectivity index (χ0n) is 12.6. The maximum Gasteiger partial charge on any atom is 0.242 e. The number of anilines is 1. The molecule has 0 bridgehead atoms. The van der Waals surface area contributed by atoms with E-state index in [9.17, 15) is 17.6 Å². The summed E-state index contributed by atoms with van der Waals surface area (Å²) in [7, 11) is -3.32. The van der Waals surface area contributed by atoms with Crippen molar-refractivity contribution in [3.63, 3.8) is 0 Å². The van der Waals surface area contributed by atoms with Crippen LogP contribution in [0.2, 0.25) is 0 Å². The highest BCUT2D eigenvalue weighted by Crippen LogP contribution is 2.14. The van der Waals surface area contributed by atoms with Crippen molar-refractivity contribution in [3.05, 3.63) is 29.6 Å². The van der Waals surface area contributed by atoms with Crippen molar-refractivity contribution in [1.82, 2.24) is 9.62 Å². The molecule has 1 saturated heterocycles. The van der Waals surface area contributed by atoms with E-state index in [2.05, 4.69) is 10.6 Å². The normalized spacial score (nSPS) is 19.9. The van der Waals surface area contributed by atoms with Gasteiger partial charge in [0.15, 0.2) is 0 Å². The van der Waals surface area contributed by atoms with Crippen LogP contribution in [0.4, 0.5) is 10.1 Å². The maximum atomic E-state index is 13.5. The Hall–Kier alpha value is -1.51. The Bertz CT molecular complexity index is 663. The molecule has 1 aromatic rings. The molecule has 0 radical (unpaired) electrons. The van der Waals surface area contributed by atoms with E-state index >= 15 is 0 Å². The molecule has 0 aromatic heterocycles. The third-order valence-corrected chi connectivity index (χ3v) is 5.50. The lowest BCUT2D eigenvalue weighted by atomic mass is 10.2. The number of hydrogen-bond donors (Lipinski definition) is 2. The predicted molar refractivity (Wildman–Crippen MR) is 82.6 cm³/mol. The van der Waals surface area contributed by atoms with E-state index < -0.39 is 21.9 Å². The van der Waals surface area contributed by atoms with Crippen LogP contribution in [-0.2, 0) is 14.8 Å². The molecule has 0 spiro atoms. The second-order valence-electron chi connectivity index (χ2n) is 5.22. The molecule has 6 nitrogen and oxygen atoms in total. The van der Waals surface area contributed by atoms with Gasteiger partial charge in [-0.15, -0.1) is 0 Å². The van der Waals surface area contributed by atoms with Gasteiger partial charge in [0.25, 0.3) is 0 Å². The summed E-state index contributed by atoms with van der Waals surface area (Å²) < 4.78 is 38.6. The molecule has 1 amide bonds. The Morgan fingerprint density at radius 1 is 1.50 bits per heavy atom. The second kappa shape index (κ2) is 6.72. The number of rotatable bonds is 4. The van der Waals surface area contributed by atoms with E-state index in [4.69, 9.17) is 0 Å². The van der Waals surface area contributed by atoms with Crippen LogP contribution >= 0.6 is 0 Å². The van der Waals surface area contributed by atoms with Gasteiger partial charge in [-0.3, -0.25) is 4.79 Å². The molecule has 0 aliphatic carbocycles. The second-order valence-corrected chi connectivity index (χ2v) is 7.48. The van der Waals surface area contributed by atoms with Crippen LogP contribution in [0.25, 0.3) is 0 Å². The monoisotopic (exact) mass is 329 g/mol. The number of nitrogens with one attached hydrogen (secondary N) is 2. The van der Waals surface area contributed by atoms with Gasteiger partial charge in [0, 0.05) is 25.3 Å². The van der Waals surface area contributed by atoms with Crippen molar-refractivity contribution in [1.29, 1.82) is 0 Å². The maximum absolute atomic E-state index is 13.5. The third kappa shape index (κ3) is 3.82. The van der Waals surface area contributed by atoms with Gasteiger partial charge in [0.05, 0.1) is 5.75 Å². The molecule has 1 aliphatic rings. The molecule has 1 fully saturated rings. The average Bonchev–Trinajstić information content (AvgIpc) is 2.51. The highest BCUT2D eigenvalue weighted by atomic mass is 32.2. The quantitative estimate of drug-likeness (QED) is 0.852. The SMILES string of the molecule is CCS(=O)(=O)N1CCNC(C(=O)Nc2ccc(C)c(F)c2)C1. The summed E-state index contributed by atoms with van der Waals surface area (Å²) in [5.41, 5.74) is 0.847. The van der Waals surface area contributed by atoms with Gasteiger partial charge in [0.2, 0.25) is 15.9 Å². The van der Waals surface area contributed by atoms with Crippen LogP contribution in [0, 0.1) is 12.7 Å². The Labute approximate surface area is 129 Å². The highest BCUT2D eigenvalue weighted by Gasteiger charge is 2.31.